The van der Waals surface area contributed by atoms with Crippen LogP contribution in [-0.4, -0.2) is 10.7 Å². The van der Waals surface area contributed by atoms with Crippen molar-refractivity contribution in [3.63, 3.8) is 0 Å². The number of rotatable bonds is 2. The van der Waals surface area contributed by atoms with Crippen LogP contribution in [0.15, 0.2) is 12.4 Å². The number of nitrogens with zero attached hydrogens (tertiary/aromatic N) is 6. The molecule has 0 aliphatic rings. The summed E-state index contributed by atoms with van der Waals surface area (Å²) >= 11 is 0. The van der Waals surface area contributed by atoms with Crippen molar-refractivity contribution in [1.29, 1.82) is 21.0 Å². The maximum Gasteiger partial charge on any atom is 0.383 e. The largest absolute Gasteiger partial charge is 0.383 e. The Morgan fingerprint density at radius 3 is 1.84 bits per heavy atom. The third-order valence-corrected chi connectivity index (χ3v) is 2.64. The minimum atomic E-state index is -2.72. The van der Waals surface area contributed by atoms with Gasteiger partial charge in [-0.1, -0.05) is 6.92 Å². The van der Waals surface area contributed by atoms with Gasteiger partial charge in [-0.2, -0.15) is 0 Å². The van der Waals surface area contributed by atoms with Crippen LogP contribution in [0, 0.1) is 51.8 Å². The predicted molar refractivity (Wildman–Crippen MR) is 68.8 cm³/mol. The fourth-order valence-corrected chi connectivity index (χ4v) is 1.25. The van der Waals surface area contributed by atoms with Gasteiger partial charge in [0.2, 0.25) is 0 Å². The smallest absolute Gasteiger partial charge is 0.245 e. The minimum absolute atomic E-state index is 1.13. The number of aryl methyl sites for hydroxylation is 2. The number of aromatic nitrogens is 2. The van der Waals surface area contributed by atoms with Crippen LogP contribution in [0.5, 0.6) is 0 Å². The first-order chi connectivity index (χ1) is 9.00. The number of imidazole rings is 1. The molecule has 0 saturated carbocycles. The SMILES string of the molecule is CCCn1cc[n+](C)c1C.N#C[B-](C#N)(C#N)C#N. The zero-order chi connectivity index (χ0) is 14.9. The van der Waals surface area contributed by atoms with Gasteiger partial charge < -0.3 is 0 Å². The molecule has 0 spiro atoms. The van der Waals surface area contributed by atoms with E-state index in [1.54, 1.807) is 0 Å². The van der Waals surface area contributed by atoms with E-state index in [-0.39, 0.29) is 0 Å². The molecule has 1 rings (SSSR count). The summed E-state index contributed by atoms with van der Waals surface area (Å²) in [7, 11) is 2.07. The average molecular weight is 254 g/mol. The van der Waals surface area contributed by atoms with E-state index >= 15 is 0 Å². The summed E-state index contributed by atoms with van der Waals surface area (Å²) in [6.45, 7) is 5.46. The maximum absolute atomic E-state index is 8.09. The summed E-state index contributed by atoms with van der Waals surface area (Å²) in [5.74, 6) is 6.70. The van der Waals surface area contributed by atoms with E-state index in [9.17, 15) is 0 Å². The molecule has 0 bridgehead atoms. The molecule has 19 heavy (non-hydrogen) atoms. The van der Waals surface area contributed by atoms with Gasteiger partial charge in [0, 0.05) is 6.92 Å². The van der Waals surface area contributed by atoms with Crippen molar-refractivity contribution in [1.82, 2.24) is 4.57 Å². The van der Waals surface area contributed by atoms with Crippen LogP contribution < -0.4 is 4.57 Å². The molecule has 1 aromatic rings. The molecule has 1 heterocycles. The monoisotopic (exact) mass is 254 g/mol. The summed E-state index contributed by atoms with van der Waals surface area (Å²) < 4.78 is 4.40. The number of nitriles is 4. The highest BCUT2D eigenvalue weighted by molar-refractivity contribution is 7.05. The third-order valence-electron chi connectivity index (χ3n) is 2.64. The molecule has 0 N–H and O–H groups in total. The Morgan fingerprint density at radius 2 is 1.63 bits per heavy atom. The lowest BCUT2D eigenvalue weighted by Crippen LogP contribution is -2.29. The summed E-state index contributed by atoms with van der Waals surface area (Å²) in [4.78, 5) is 0. The Hall–Kier alpha value is -2.77. The minimum Gasteiger partial charge on any atom is -0.245 e. The lowest BCUT2D eigenvalue weighted by Gasteiger charge is -1.98. The van der Waals surface area contributed by atoms with Gasteiger partial charge in [0.1, 0.15) is 12.4 Å². The summed E-state index contributed by atoms with van der Waals surface area (Å²) in [6, 6.07) is 0. The van der Waals surface area contributed by atoms with Crippen molar-refractivity contribution < 1.29 is 4.57 Å². The van der Waals surface area contributed by atoms with Crippen LogP contribution >= 0.6 is 0 Å². The van der Waals surface area contributed by atoms with Crippen molar-refractivity contribution in [2.24, 2.45) is 7.05 Å². The van der Waals surface area contributed by atoms with E-state index in [0.717, 1.165) is 6.54 Å². The Morgan fingerprint density at radius 1 is 1.16 bits per heavy atom. The third kappa shape index (κ3) is 4.19. The molecule has 0 aliphatic heterocycles. The topological polar surface area (TPSA) is 104 Å². The van der Waals surface area contributed by atoms with Gasteiger partial charge in [0.25, 0.3) is 5.82 Å². The Kier molecular flexibility index (Phi) is 6.44. The van der Waals surface area contributed by atoms with Crippen LogP contribution in [-0.2, 0) is 13.6 Å². The van der Waals surface area contributed by atoms with Crippen LogP contribution in [0.3, 0.4) is 0 Å². The first-order valence-corrected chi connectivity index (χ1v) is 5.82. The van der Waals surface area contributed by atoms with Gasteiger partial charge in [-0.05, 0) is 6.42 Å². The summed E-state index contributed by atoms with van der Waals surface area (Å²) in [5.41, 5.74) is 0. The second-order valence-electron chi connectivity index (χ2n) is 4.03. The Labute approximate surface area is 113 Å². The Balaban J connectivity index is 0.000000344. The zero-order valence-corrected chi connectivity index (χ0v) is 11.3. The second kappa shape index (κ2) is 7.54. The van der Waals surface area contributed by atoms with Crippen LogP contribution in [0.25, 0.3) is 0 Å². The molecule has 7 heteroatoms. The van der Waals surface area contributed by atoms with E-state index in [1.807, 2.05) is 0 Å². The van der Waals surface area contributed by atoms with Crippen molar-refractivity contribution in [3.8, 4) is 23.9 Å². The van der Waals surface area contributed by atoms with E-state index in [4.69, 9.17) is 21.0 Å². The molecule has 0 saturated heterocycles. The van der Waals surface area contributed by atoms with E-state index in [1.165, 1.54) is 36.1 Å². The molecular weight excluding hydrogens is 239 g/mol. The first kappa shape index (κ1) is 16.2. The highest BCUT2D eigenvalue weighted by Crippen LogP contribution is 1.93. The first-order valence-electron chi connectivity index (χ1n) is 5.82. The molecule has 0 atom stereocenters. The molecule has 0 aliphatic carbocycles. The van der Waals surface area contributed by atoms with Crippen LogP contribution in [0.1, 0.15) is 19.2 Å². The fourth-order valence-electron chi connectivity index (χ4n) is 1.25. The summed E-state index contributed by atoms with van der Waals surface area (Å²) in [6.07, 6.45) is 2.69. The number of hydrogen-bond acceptors (Lipinski definition) is 4. The molecular formula is C12H15BN6. The second-order valence-corrected chi connectivity index (χ2v) is 4.03. The molecule has 6 nitrogen and oxygen atoms in total. The van der Waals surface area contributed by atoms with Crippen molar-refractivity contribution in [2.75, 3.05) is 0 Å². The lowest BCUT2D eigenvalue weighted by atomic mass is 9.30. The maximum atomic E-state index is 8.09. The fraction of sp³-hybridized carbons (Fsp3) is 0.417. The molecule has 0 aromatic carbocycles. The van der Waals surface area contributed by atoms with Crippen molar-refractivity contribution in [2.45, 2.75) is 26.8 Å². The van der Waals surface area contributed by atoms with Gasteiger partial charge >= 0.3 is 6.15 Å². The van der Waals surface area contributed by atoms with Crippen LogP contribution in [0.2, 0.25) is 0 Å². The Bertz CT molecular complexity index is 528. The van der Waals surface area contributed by atoms with Gasteiger partial charge in [-0.25, -0.2) is 30.2 Å². The molecule has 1 aromatic heterocycles. The van der Waals surface area contributed by atoms with Crippen LogP contribution in [0.4, 0.5) is 0 Å². The molecule has 96 valence electrons. The van der Waals surface area contributed by atoms with Gasteiger partial charge in [0.15, 0.2) is 0 Å². The molecule has 0 fully saturated rings. The molecule has 0 radical (unpaired) electrons. The highest BCUT2D eigenvalue weighted by atomic mass is 15.1. The normalized spacial score (nSPS) is 9.00. The predicted octanol–water partition coefficient (Wildman–Crippen LogP) is 0.717. The highest BCUT2D eigenvalue weighted by Gasteiger charge is 2.22. The molecule has 0 unspecified atom stereocenters. The van der Waals surface area contributed by atoms with Gasteiger partial charge in [-0.3, -0.25) is 0 Å². The zero-order valence-electron chi connectivity index (χ0n) is 11.3. The van der Waals surface area contributed by atoms with Crippen molar-refractivity contribution >= 4 is 6.15 Å². The quantitative estimate of drug-likeness (QED) is 0.572. The van der Waals surface area contributed by atoms with Gasteiger partial charge in [-0.15, -0.1) is 23.9 Å². The average Bonchev–Trinajstić information content (AvgIpc) is 2.75. The lowest BCUT2D eigenvalue weighted by molar-refractivity contribution is -0.677. The number of hydrogen-bond donors (Lipinski definition) is 0. The standard InChI is InChI=1S/C8H15N2.C4BN4/c1-4-5-10-7-6-9(3)8(10)2;6-1-5(2-7,3-8)4-9/h6-7H,4-5H2,1-3H3;/q+1;-1. The van der Waals surface area contributed by atoms with Gasteiger partial charge in [0.05, 0.1) is 13.6 Å². The van der Waals surface area contributed by atoms with Crippen molar-refractivity contribution in [3.05, 3.63) is 18.2 Å². The summed E-state index contributed by atoms with van der Waals surface area (Å²) in [5, 5.41) is 32.3. The molecule has 0 amide bonds. The van der Waals surface area contributed by atoms with E-state index < -0.39 is 6.15 Å². The van der Waals surface area contributed by atoms with E-state index in [0.29, 0.717) is 0 Å². The van der Waals surface area contributed by atoms with E-state index in [2.05, 4.69) is 42.4 Å².